The summed E-state index contributed by atoms with van der Waals surface area (Å²) < 4.78 is 36.9. The first-order valence-corrected chi connectivity index (χ1v) is 10.5. The second-order valence-electron chi connectivity index (χ2n) is 5.75. The van der Waals surface area contributed by atoms with Crippen molar-refractivity contribution in [2.24, 2.45) is 0 Å². The van der Waals surface area contributed by atoms with Crippen molar-refractivity contribution in [2.75, 3.05) is 32.1 Å². The van der Waals surface area contributed by atoms with E-state index >= 15 is 0 Å². The van der Waals surface area contributed by atoms with Crippen LogP contribution in [-0.2, 0) is 14.8 Å². The Morgan fingerprint density at radius 2 is 1.75 bits per heavy atom. The number of hydrogen-bond acceptors (Lipinski definition) is 5. The number of ether oxygens (including phenoxy) is 2. The van der Waals surface area contributed by atoms with E-state index in [2.05, 4.69) is 5.32 Å². The maximum absolute atomic E-state index is 12.5. The predicted molar refractivity (Wildman–Crippen MR) is 109 cm³/mol. The lowest BCUT2D eigenvalue weighted by atomic mass is 10.3. The summed E-state index contributed by atoms with van der Waals surface area (Å²) in [5, 5.41) is 2.80. The highest BCUT2D eigenvalue weighted by Crippen LogP contribution is 2.28. The normalized spacial score (nSPS) is 11.3. The maximum atomic E-state index is 12.5. The van der Waals surface area contributed by atoms with E-state index in [1.165, 1.54) is 22.5 Å². The molecule has 0 aliphatic carbocycles. The van der Waals surface area contributed by atoms with Crippen LogP contribution in [0.1, 0.15) is 13.8 Å². The monoisotopic (exact) mass is 426 g/mol. The molecule has 2 aromatic rings. The van der Waals surface area contributed by atoms with Crippen LogP contribution < -0.4 is 14.8 Å². The third-order valence-corrected chi connectivity index (χ3v) is 6.32. The number of benzene rings is 2. The summed E-state index contributed by atoms with van der Waals surface area (Å²) in [4.78, 5) is 12.1. The Hall–Kier alpha value is -2.29. The molecule has 7 nitrogen and oxygen atoms in total. The van der Waals surface area contributed by atoms with Crippen LogP contribution in [-0.4, -0.2) is 45.4 Å². The zero-order valence-electron chi connectivity index (χ0n) is 15.9. The standard InChI is InChI=1S/C19H23ClN2O5S/c1-4-22(5-2)28(24,25)16-10-11-18(17(20)12-16)27-13-19(23)21-14-6-8-15(26-3)9-7-14/h6-12H,4-5,13H2,1-3H3,(H,21,23). The quantitative estimate of drug-likeness (QED) is 0.664. The Morgan fingerprint density at radius 3 is 2.29 bits per heavy atom. The predicted octanol–water partition coefficient (Wildman–Crippen LogP) is 3.40. The molecule has 0 radical (unpaired) electrons. The van der Waals surface area contributed by atoms with Crippen molar-refractivity contribution < 1.29 is 22.7 Å². The number of halogens is 1. The number of methoxy groups -OCH3 is 1. The van der Waals surface area contributed by atoms with Crippen molar-refractivity contribution in [1.82, 2.24) is 4.31 Å². The van der Waals surface area contributed by atoms with Gasteiger partial charge in [-0.1, -0.05) is 25.4 Å². The lowest BCUT2D eigenvalue weighted by molar-refractivity contribution is -0.118. The van der Waals surface area contributed by atoms with Crippen LogP contribution in [0, 0.1) is 0 Å². The van der Waals surface area contributed by atoms with Gasteiger partial charge in [-0.2, -0.15) is 4.31 Å². The first kappa shape index (κ1) is 22.0. The number of hydrogen-bond donors (Lipinski definition) is 1. The Balaban J connectivity index is 2.01. The molecule has 0 saturated heterocycles. The molecule has 0 aromatic heterocycles. The van der Waals surface area contributed by atoms with Gasteiger partial charge in [0.1, 0.15) is 11.5 Å². The molecule has 0 spiro atoms. The summed E-state index contributed by atoms with van der Waals surface area (Å²) in [6.45, 7) is 3.98. The van der Waals surface area contributed by atoms with E-state index in [1.54, 1.807) is 45.2 Å². The average molecular weight is 427 g/mol. The zero-order valence-corrected chi connectivity index (χ0v) is 17.5. The number of rotatable bonds is 9. The smallest absolute Gasteiger partial charge is 0.262 e. The fourth-order valence-corrected chi connectivity index (χ4v) is 4.27. The summed E-state index contributed by atoms with van der Waals surface area (Å²) in [7, 11) is -2.06. The van der Waals surface area contributed by atoms with Crippen molar-refractivity contribution >= 4 is 33.2 Å². The van der Waals surface area contributed by atoms with E-state index in [0.29, 0.717) is 24.5 Å². The SMILES string of the molecule is CCN(CC)S(=O)(=O)c1ccc(OCC(=O)Nc2ccc(OC)cc2)c(Cl)c1. The molecule has 0 unspecified atom stereocenters. The van der Waals surface area contributed by atoms with Gasteiger partial charge in [-0.3, -0.25) is 4.79 Å². The summed E-state index contributed by atoms with van der Waals surface area (Å²) >= 11 is 6.15. The van der Waals surface area contributed by atoms with Crippen molar-refractivity contribution in [3.63, 3.8) is 0 Å². The topological polar surface area (TPSA) is 84.9 Å². The number of nitrogens with zero attached hydrogens (tertiary/aromatic N) is 1. The van der Waals surface area contributed by atoms with Crippen molar-refractivity contribution in [1.29, 1.82) is 0 Å². The molecule has 152 valence electrons. The van der Waals surface area contributed by atoms with Gasteiger partial charge < -0.3 is 14.8 Å². The molecule has 0 bridgehead atoms. The largest absolute Gasteiger partial charge is 0.497 e. The van der Waals surface area contributed by atoms with Gasteiger partial charge in [0.05, 0.1) is 17.0 Å². The Bertz CT molecular complexity index is 912. The van der Waals surface area contributed by atoms with Gasteiger partial charge in [0.25, 0.3) is 5.91 Å². The van der Waals surface area contributed by atoms with Crippen molar-refractivity contribution in [2.45, 2.75) is 18.7 Å². The van der Waals surface area contributed by atoms with E-state index in [4.69, 9.17) is 21.1 Å². The van der Waals surface area contributed by atoms with E-state index in [1.807, 2.05) is 0 Å². The van der Waals surface area contributed by atoms with Crippen LogP contribution in [0.5, 0.6) is 11.5 Å². The summed E-state index contributed by atoms with van der Waals surface area (Å²) in [5.41, 5.74) is 0.598. The molecular formula is C19H23ClN2O5S. The number of amides is 1. The van der Waals surface area contributed by atoms with Crippen LogP contribution in [0.2, 0.25) is 5.02 Å². The molecule has 0 fully saturated rings. The molecule has 0 atom stereocenters. The van der Waals surface area contributed by atoms with Gasteiger partial charge in [0.15, 0.2) is 6.61 Å². The molecule has 1 N–H and O–H groups in total. The van der Waals surface area contributed by atoms with Crippen molar-refractivity contribution in [3.05, 3.63) is 47.5 Å². The van der Waals surface area contributed by atoms with Crippen molar-refractivity contribution in [3.8, 4) is 11.5 Å². The molecule has 1 amide bonds. The van der Waals surface area contributed by atoms with E-state index in [9.17, 15) is 13.2 Å². The Kier molecular flexibility index (Phi) is 7.68. The van der Waals surface area contributed by atoms with Crippen LogP contribution in [0.25, 0.3) is 0 Å². The van der Waals surface area contributed by atoms with E-state index in [0.717, 1.165) is 0 Å². The number of carbonyl (C=O) groups is 1. The number of sulfonamides is 1. The third kappa shape index (κ3) is 5.37. The van der Waals surface area contributed by atoms with Gasteiger partial charge in [-0.05, 0) is 42.5 Å². The van der Waals surface area contributed by atoms with Gasteiger partial charge in [-0.25, -0.2) is 8.42 Å². The fourth-order valence-electron chi connectivity index (χ4n) is 2.49. The minimum atomic E-state index is -3.61. The lowest BCUT2D eigenvalue weighted by Crippen LogP contribution is -2.30. The zero-order chi connectivity index (χ0) is 20.7. The molecule has 9 heteroatoms. The van der Waals surface area contributed by atoms with Gasteiger partial charge in [0.2, 0.25) is 10.0 Å². The second-order valence-corrected chi connectivity index (χ2v) is 8.09. The minimum absolute atomic E-state index is 0.0798. The van der Waals surface area contributed by atoms with Gasteiger partial charge in [0, 0.05) is 18.8 Å². The third-order valence-electron chi connectivity index (χ3n) is 3.98. The molecule has 0 aliphatic heterocycles. The molecule has 2 aromatic carbocycles. The molecule has 2 rings (SSSR count). The van der Waals surface area contributed by atoms with Gasteiger partial charge >= 0.3 is 0 Å². The summed E-state index contributed by atoms with van der Waals surface area (Å²) in [6, 6.07) is 11.0. The number of anilines is 1. The molecule has 0 heterocycles. The molecule has 28 heavy (non-hydrogen) atoms. The van der Waals surface area contributed by atoms with Gasteiger partial charge in [-0.15, -0.1) is 0 Å². The first-order chi connectivity index (χ1) is 13.3. The molecule has 0 saturated carbocycles. The molecular weight excluding hydrogens is 404 g/mol. The van der Waals surface area contributed by atoms with Crippen LogP contribution in [0.15, 0.2) is 47.4 Å². The fraction of sp³-hybridized carbons (Fsp3) is 0.316. The summed E-state index contributed by atoms with van der Waals surface area (Å²) in [5.74, 6) is 0.534. The lowest BCUT2D eigenvalue weighted by Gasteiger charge is -2.19. The highest BCUT2D eigenvalue weighted by Gasteiger charge is 2.22. The number of nitrogens with one attached hydrogen (secondary N) is 1. The van der Waals surface area contributed by atoms with E-state index < -0.39 is 10.0 Å². The first-order valence-electron chi connectivity index (χ1n) is 8.68. The minimum Gasteiger partial charge on any atom is -0.497 e. The molecule has 0 aliphatic rings. The summed E-state index contributed by atoms with van der Waals surface area (Å²) in [6.07, 6.45) is 0. The maximum Gasteiger partial charge on any atom is 0.262 e. The Morgan fingerprint density at radius 1 is 1.11 bits per heavy atom. The number of carbonyl (C=O) groups excluding carboxylic acids is 1. The van der Waals surface area contributed by atoms with Crippen LogP contribution in [0.3, 0.4) is 0 Å². The average Bonchev–Trinajstić information content (AvgIpc) is 2.68. The second kappa shape index (κ2) is 9.77. The highest BCUT2D eigenvalue weighted by atomic mass is 35.5. The highest BCUT2D eigenvalue weighted by molar-refractivity contribution is 7.89. The van der Waals surface area contributed by atoms with Crippen LogP contribution in [0.4, 0.5) is 5.69 Å². The Labute approximate surface area is 170 Å². The van der Waals surface area contributed by atoms with E-state index in [-0.39, 0.29) is 28.2 Å². The van der Waals surface area contributed by atoms with Crippen LogP contribution >= 0.6 is 11.6 Å².